The van der Waals surface area contributed by atoms with Crippen molar-refractivity contribution in [2.24, 2.45) is 0 Å². The van der Waals surface area contributed by atoms with Crippen LogP contribution in [-0.4, -0.2) is 19.9 Å². The third-order valence-electron chi connectivity index (χ3n) is 3.84. The first-order chi connectivity index (χ1) is 12.3. The summed E-state index contributed by atoms with van der Waals surface area (Å²) in [6, 6.07) is 5.40. The van der Waals surface area contributed by atoms with E-state index in [-0.39, 0.29) is 23.1 Å². The average Bonchev–Trinajstić information content (AvgIpc) is 2.60. The molecule has 2 aromatic heterocycles. The van der Waals surface area contributed by atoms with Gasteiger partial charge in [0.2, 0.25) is 5.95 Å². The molecule has 0 amide bonds. The van der Waals surface area contributed by atoms with Crippen molar-refractivity contribution in [1.82, 2.24) is 19.9 Å². The Balaban J connectivity index is 2.02. The molecule has 0 atom stereocenters. The van der Waals surface area contributed by atoms with Gasteiger partial charge in [-0.05, 0) is 22.6 Å². The van der Waals surface area contributed by atoms with Gasteiger partial charge in [-0.15, -0.1) is 0 Å². The number of anilines is 1. The third kappa shape index (κ3) is 3.93. The summed E-state index contributed by atoms with van der Waals surface area (Å²) in [7, 11) is 0. The van der Waals surface area contributed by atoms with Gasteiger partial charge in [-0.1, -0.05) is 32.9 Å². The summed E-state index contributed by atoms with van der Waals surface area (Å²) in [5.74, 6) is -0.123. The summed E-state index contributed by atoms with van der Waals surface area (Å²) in [6.45, 7) is 5.98. The summed E-state index contributed by atoms with van der Waals surface area (Å²) < 4.78 is 21.0. The Morgan fingerprint density at radius 3 is 2.31 bits per heavy atom. The van der Waals surface area contributed by atoms with Crippen molar-refractivity contribution in [2.75, 3.05) is 5.73 Å². The molecule has 0 saturated heterocycles. The topological polar surface area (TPSA) is 86.8 Å². The molecular weight excluding hydrogens is 333 g/mol. The van der Waals surface area contributed by atoms with Crippen LogP contribution in [0.5, 0.6) is 11.8 Å². The summed E-state index contributed by atoms with van der Waals surface area (Å²) in [5, 5.41) is 0. The molecule has 134 valence electrons. The fourth-order valence-corrected chi connectivity index (χ4v) is 2.53. The number of hydrogen-bond donors (Lipinski definition) is 1. The van der Waals surface area contributed by atoms with Crippen molar-refractivity contribution in [2.45, 2.75) is 32.6 Å². The molecule has 0 radical (unpaired) electrons. The maximum atomic E-state index is 15.3. The second-order valence-corrected chi connectivity index (χ2v) is 6.93. The second-order valence-electron chi connectivity index (χ2n) is 6.93. The molecule has 0 aliphatic carbocycles. The zero-order chi connectivity index (χ0) is 18.7. The maximum Gasteiger partial charge on any atom is 0.321 e. The molecule has 2 heterocycles. The van der Waals surface area contributed by atoms with Crippen LogP contribution in [0, 0.1) is 5.82 Å². The van der Waals surface area contributed by atoms with Gasteiger partial charge in [0.25, 0.3) is 0 Å². The maximum absolute atomic E-state index is 15.3. The number of rotatable bonds is 4. The molecule has 6 nitrogen and oxygen atoms in total. The normalized spacial score (nSPS) is 11.4. The van der Waals surface area contributed by atoms with Crippen molar-refractivity contribution < 1.29 is 9.13 Å². The lowest BCUT2D eigenvalue weighted by Gasteiger charge is -2.23. The number of aromatic nitrogens is 4. The van der Waals surface area contributed by atoms with E-state index in [1.165, 1.54) is 0 Å². The fraction of sp³-hybridized carbons (Fsp3) is 0.263. The molecule has 0 fully saturated rings. The minimum atomic E-state index is -0.443. The van der Waals surface area contributed by atoms with Crippen LogP contribution in [-0.2, 0) is 11.8 Å². The van der Waals surface area contributed by atoms with Crippen LogP contribution in [0.25, 0.3) is 0 Å². The molecule has 1 aromatic carbocycles. The molecule has 7 heteroatoms. The van der Waals surface area contributed by atoms with Gasteiger partial charge in [0, 0.05) is 36.8 Å². The Hall–Kier alpha value is -3.09. The average molecular weight is 353 g/mol. The minimum absolute atomic E-state index is 0.102. The third-order valence-corrected chi connectivity index (χ3v) is 3.84. The van der Waals surface area contributed by atoms with Crippen molar-refractivity contribution >= 4 is 5.95 Å². The van der Waals surface area contributed by atoms with Crippen molar-refractivity contribution in [1.29, 1.82) is 0 Å². The highest BCUT2D eigenvalue weighted by molar-refractivity contribution is 5.45. The molecule has 0 unspecified atom stereocenters. The molecular formula is C19H20FN5O. The number of hydrogen-bond acceptors (Lipinski definition) is 6. The van der Waals surface area contributed by atoms with Gasteiger partial charge in [-0.25, -0.2) is 24.3 Å². The fourth-order valence-electron chi connectivity index (χ4n) is 2.53. The van der Waals surface area contributed by atoms with E-state index in [4.69, 9.17) is 10.5 Å². The van der Waals surface area contributed by atoms with Crippen LogP contribution < -0.4 is 10.5 Å². The molecule has 0 aliphatic heterocycles. The Morgan fingerprint density at radius 2 is 1.69 bits per heavy atom. The van der Waals surface area contributed by atoms with E-state index < -0.39 is 5.82 Å². The van der Waals surface area contributed by atoms with E-state index in [1.54, 1.807) is 36.9 Å². The lowest BCUT2D eigenvalue weighted by Crippen LogP contribution is -2.15. The van der Waals surface area contributed by atoms with Crippen LogP contribution in [0.3, 0.4) is 0 Å². The standard InChI is InChI=1S/C19H20FN5O/c1-19(2,3)14-6-5-13(9-12-10-24-17(21)25-11-12)15(20)16(14)26-18-22-7-4-8-23-18/h4-8,10-11H,9H2,1-3H3,(H2,21,24,25). The largest absolute Gasteiger partial charge is 0.421 e. The first-order valence-electron chi connectivity index (χ1n) is 8.17. The van der Waals surface area contributed by atoms with Crippen LogP contribution in [0.15, 0.2) is 43.0 Å². The first kappa shape index (κ1) is 17.7. The Bertz CT molecular complexity index is 892. The predicted molar refractivity (Wildman–Crippen MR) is 96.5 cm³/mol. The number of nitrogens with two attached hydrogens (primary N) is 1. The van der Waals surface area contributed by atoms with Crippen molar-refractivity contribution in [3.63, 3.8) is 0 Å². The van der Waals surface area contributed by atoms with Crippen LogP contribution >= 0.6 is 0 Å². The van der Waals surface area contributed by atoms with Gasteiger partial charge in [-0.2, -0.15) is 0 Å². The monoisotopic (exact) mass is 353 g/mol. The van der Waals surface area contributed by atoms with Gasteiger partial charge >= 0.3 is 6.01 Å². The minimum Gasteiger partial charge on any atom is -0.421 e. The highest BCUT2D eigenvalue weighted by Gasteiger charge is 2.25. The van der Waals surface area contributed by atoms with Crippen molar-refractivity contribution in [3.8, 4) is 11.8 Å². The smallest absolute Gasteiger partial charge is 0.321 e. The first-order valence-corrected chi connectivity index (χ1v) is 8.17. The highest BCUT2D eigenvalue weighted by atomic mass is 19.1. The molecule has 26 heavy (non-hydrogen) atoms. The van der Waals surface area contributed by atoms with E-state index >= 15 is 4.39 Å². The number of benzene rings is 1. The number of ether oxygens (including phenoxy) is 1. The lowest BCUT2D eigenvalue weighted by molar-refractivity contribution is 0.391. The van der Waals surface area contributed by atoms with Crippen LogP contribution in [0.4, 0.5) is 10.3 Å². The van der Waals surface area contributed by atoms with Crippen molar-refractivity contribution in [3.05, 3.63) is 65.5 Å². The quantitative estimate of drug-likeness (QED) is 0.770. The second kappa shape index (κ2) is 7.03. The van der Waals surface area contributed by atoms with Gasteiger partial charge in [0.15, 0.2) is 11.6 Å². The number of nitrogens with zero attached hydrogens (tertiary/aromatic N) is 4. The van der Waals surface area contributed by atoms with Crippen LogP contribution in [0.1, 0.15) is 37.5 Å². The summed E-state index contributed by atoms with van der Waals surface area (Å²) in [6.07, 6.45) is 6.59. The zero-order valence-corrected chi connectivity index (χ0v) is 14.9. The van der Waals surface area contributed by atoms with Crippen LogP contribution in [0.2, 0.25) is 0 Å². The number of nitrogen functional groups attached to an aromatic ring is 1. The Kier molecular flexibility index (Phi) is 4.79. The van der Waals surface area contributed by atoms with E-state index in [9.17, 15) is 0 Å². The van der Waals surface area contributed by atoms with E-state index in [0.29, 0.717) is 12.0 Å². The Labute approximate surface area is 151 Å². The molecule has 0 saturated carbocycles. The zero-order valence-electron chi connectivity index (χ0n) is 14.9. The summed E-state index contributed by atoms with van der Waals surface area (Å²) >= 11 is 0. The highest BCUT2D eigenvalue weighted by Crippen LogP contribution is 2.37. The molecule has 0 aliphatic rings. The molecule has 0 spiro atoms. The summed E-state index contributed by atoms with van der Waals surface area (Å²) in [5.41, 5.74) is 7.14. The van der Waals surface area contributed by atoms with Gasteiger partial charge in [0.05, 0.1) is 0 Å². The predicted octanol–water partition coefficient (Wildman–Crippen LogP) is 3.67. The SMILES string of the molecule is CC(C)(C)c1ccc(Cc2cnc(N)nc2)c(F)c1Oc1ncccn1. The Morgan fingerprint density at radius 1 is 1.04 bits per heavy atom. The lowest BCUT2D eigenvalue weighted by atomic mass is 9.85. The van der Waals surface area contributed by atoms with E-state index in [2.05, 4.69) is 19.9 Å². The van der Waals surface area contributed by atoms with E-state index in [1.807, 2.05) is 26.8 Å². The van der Waals surface area contributed by atoms with E-state index in [0.717, 1.165) is 11.1 Å². The molecule has 0 bridgehead atoms. The summed E-state index contributed by atoms with van der Waals surface area (Å²) in [4.78, 5) is 15.9. The van der Waals surface area contributed by atoms with Gasteiger partial charge in [-0.3, -0.25) is 0 Å². The number of halogens is 1. The molecule has 3 rings (SSSR count). The molecule has 3 aromatic rings. The van der Waals surface area contributed by atoms with Gasteiger partial charge < -0.3 is 10.5 Å². The van der Waals surface area contributed by atoms with Gasteiger partial charge in [0.1, 0.15) is 0 Å². The molecule has 2 N–H and O–H groups in total.